The van der Waals surface area contributed by atoms with Gasteiger partial charge in [0.25, 0.3) is 0 Å². The van der Waals surface area contributed by atoms with Crippen LogP contribution in [0.2, 0.25) is 0 Å². The first-order valence-corrected chi connectivity index (χ1v) is 8.19. The van der Waals surface area contributed by atoms with E-state index in [1.807, 2.05) is 0 Å². The second-order valence-electron chi connectivity index (χ2n) is 5.74. The maximum absolute atomic E-state index is 10.5. The molecule has 4 heteroatoms. The van der Waals surface area contributed by atoms with Gasteiger partial charge >= 0.3 is 0 Å². The fourth-order valence-corrected chi connectivity index (χ4v) is 3.81. The van der Waals surface area contributed by atoms with Crippen molar-refractivity contribution in [3.63, 3.8) is 0 Å². The van der Waals surface area contributed by atoms with Gasteiger partial charge in [0.2, 0.25) is 0 Å². The largest absolute Gasteiger partial charge is 0.390 e. The van der Waals surface area contributed by atoms with Crippen LogP contribution < -0.4 is 5.73 Å². The van der Waals surface area contributed by atoms with Gasteiger partial charge in [-0.2, -0.15) is 0 Å². The molecule has 0 bridgehead atoms. The van der Waals surface area contributed by atoms with E-state index in [0.717, 1.165) is 43.4 Å². The summed E-state index contributed by atoms with van der Waals surface area (Å²) in [5, 5.41) is 22.5. The number of hydrogen-bond acceptors (Lipinski definition) is 4. The summed E-state index contributed by atoms with van der Waals surface area (Å²) in [5.41, 5.74) is 6.24. The quantitative estimate of drug-likeness (QED) is 0.752. The molecule has 0 amide bonds. The summed E-state index contributed by atoms with van der Waals surface area (Å²) in [7, 11) is 0. The molecule has 1 unspecified atom stereocenters. The van der Waals surface area contributed by atoms with Gasteiger partial charge in [0.1, 0.15) is 0 Å². The highest BCUT2D eigenvalue weighted by Crippen LogP contribution is 2.33. The lowest BCUT2D eigenvalue weighted by Gasteiger charge is -2.32. The minimum Gasteiger partial charge on any atom is -0.390 e. The molecule has 0 aliphatic heterocycles. The first kappa shape index (κ1) is 15.0. The summed E-state index contributed by atoms with van der Waals surface area (Å²) >= 11 is 1.60. The van der Waals surface area contributed by atoms with Gasteiger partial charge in [-0.1, -0.05) is 19.3 Å². The van der Waals surface area contributed by atoms with Gasteiger partial charge < -0.3 is 15.9 Å². The van der Waals surface area contributed by atoms with Crippen LogP contribution in [0.25, 0.3) is 0 Å². The number of thiophene rings is 1. The van der Waals surface area contributed by atoms with Gasteiger partial charge in [-0.15, -0.1) is 11.3 Å². The Hall–Kier alpha value is -0.420. The Labute approximate surface area is 119 Å². The molecule has 1 aromatic rings. The average Bonchev–Trinajstić information content (AvgIpc) is 2.87. The third kappa shape index (κ3) is 4.28. The molecule has 1 aliphatic carbocycles. The Morgan fingerprint density at radius 3 is 2.74 bits per heavy atom. The van der Waals surface area contributed by atoms with Crippen molar-refractivity contribution in [3.8, 4) is 0 Å². The first-order valence-electron chi connectivity index (χ1n) is 7.31. The highest BCUT2D eigenvalue weighted by atomic mass is 32.1. The lowest BCUT2D eigenvalue weighted by molar-refractivity contribution is -0.00340. The molecule has 1 heterocycles. The summed E-state index contributed by atoms with van der Waals surface area (Å²) in [5.74, 6) is 0. The molecule has 108 valence electrons. The first-order chi connectivity index (χ1) is 9.13. The topological polar surface area (TPSA) is 66.5 Å². The standard InChI is InChI=1S/C15H25NO2S/c16-9-5-13(17)14-10-12(11-19-14)4-8-15(18)6-2-1-3-7-15/h10-11,13,17-18H,1-9,16H2. The van der Waals surface area contributed by atoms with Crippen molar-refractivity contribution >= 4 is 11.3 Å². The molecule has 1 aliphatic rings. The van der Waals surface area contributed by atoms with Crippen LogP contribution in [0.3, 0.4) is 0 Å². The van der Waals surface area contributed by atoms with Gasteiger partial charge in [-0.25, -0.2) is 0 Å². The predicted molar refractivity (Wildman–Crippen MR) is 79.3 cm³/mol. The van der Waals surface area contributed by atoms with E-state index < -0.39 is 11.7 Å². The number of aryl methyl sites for hydroxylation is 1. The SMILES string of the molecule is NCCC(O)c1cc(CCC2(O)CCCCC2)cs1. The number of rotatable bonds is 6. The maximum Gasteiger partial charge on any atom is 0.0894 e. The van der Waals surface area contributed by atoms with Crippen molar-refractivity contribution in [2.75, 3.05) is 6.54 Å². The lowest BCUT2D eigenvalue weighted by Crippen LogP contribution is -2.31. The van der Waals surface area contributed by atoms with Crippen LogP contribution in [0.4, 0.5) is 0 Å². The monoisotopic (exact) mass is 283 g/mol. The highest BCUT2D eigenvalue weighted by molar-refractivity contribution is 7.10. The third-order valence-corrected chi connectivity index (χ3v) is 5.19. The fourth-order valence-electron chi connectivity index (χ4n) is 2.84. The van der Waals surface area contributed by atoms with E-state index in [4.69, 9.17) is 5.73 Å². The Bertz CT molecular complexity index is 385. The van der Waals surface area contributed by atoms with Gasteiger partial charge in [0, 0.05) is 4.88 Å². The van der Waals surface area contributed by atoms with Crippen LogP contribution in [0, 0.1) is 0 Å². The molecule has 1 atom stereocenters. The average molecular weight is 283 g/mol. The second kappa shape index (κ2) is 6.84. The Balaban J connectivity index is 1.86. The van der Waals surface area contributed by atoms with Crippen molar-refractivity contribution < 1.29 is 10.2 Å². The lowest BCUT2D eigenvalue weighted by atomic mass is 9.81. The molecule has 1 aromatic heterocycles. The summed E-state index contributed by atoms with van der Waals surface area (Å²) in [4.78, 5) is 0.996. The molecule has 3 nitrogen and oxygen atoms in total. The Morgan fingerprint density at radius 2 is 2.05 bits per heavy atom. The summed E-state index contributed by atoms with van der Waals surface area (Å²) < 4.78 is 0. The molecule has 4 N–H and O–H groups in total. The summed E-state index contributed by atoms with van der Waals surface area (Å²) in [6.45, 7) is 0.508. The smallest absolute Gasteiger partial charge is 0.0894 e. The third-order valence-electron chi connectivity index (χ3n) is 4.11. The minimum atomic E-state index is -0.448. The van der Waals surface area contributed by atoms with Crippen molar-refractivity contribution in [1.29, 1.82) is 0 Å². The molecule has 0 radical (unpaired) electrons. The van der Waals surface area contributed by atoms with Crippen LogP contribution in [0.5, 0.6) is 0 Å². The normalized spacial score (nSPS) is 20.4. The zero-order valence-corrected chi connectivity index (χ0v) is 12.3. The molecule has 0 aromatic carbocycles. The van der Waals surface area contributed by atoms with Crippen LogP contribution >= 0.6 is 11.3 Å². The number of aliphatic hydroxyl groups excluding tert-OH is 1. The molecule has 2 rings (SSSR count). The van der Waals surface area contributed by atoms with Gasteiger partial charge in [0.05, 0.1) is 11.7 Å². The number of hydrogen-bond donors (Lipinski definition) is 3. The van der Waals surface area contributed by atoms with E-state index in [1.54, 1.807) is 11.3 Å². The van der Waals surface area contributed by atoms with Crippen molar-refractivity contribution in [3.05, 3.63) is 21.9 Å². The van der Waals surface area contributed by atoms with Crippen molar-refractivity contribution in [2.24, 2.45) is 5.73 Å². The molecule has 1 fully saturated rings. The van der Waals surface area contributed by atoms with Gasteiger partial charge in [-0.3, -0.25) is 0 Å². The van der Waals surface area contributed by atoms with Crippen molar-refractivity contribution in [1.82, 2.24) is 0 Å². The van der Waals surface area contributed by atoms with E-state index in [0.29, 0.717) is 13.0 Å². The molecular weight excluding hydrogens is 258 g/mol. The number of nitrogens with two attached hydrogens (primary N) is 1. The van der Waals surface area contributed by atoms with Crippen LogP contribution in [-0.4, -0.2) is 22.4 Å². The molecule has 1 saturated carbocycles. The zero-order chi connectivity index (χ0) is 13.7. The van der Waals surface area contributed by atoms with Crippen LogP contribution in [0.1, 0.15) is 61.5 Å². The van der Waals surface area contributed by atoms with Crippen molar-refractivity contribution in [2.45, 2.75) is 63.1 Å². The van der Waals surface area contributed by atoms with E-state index >= 15 is 0 Å². The fraction of sp³-hybridized carbons (Fsp3) is 0.733. The van der Waals surface area contributed by atoms with E-state index in [-0.39, 0.29) is 0 Å². The van der Waals surface area contributed by atoms with Crippen LogP contribution in [0.15, 0.2) is 11.4 Å². The molecule has 0 saturated heterocycles. The Kier molecular flexibility index (Phi) is 5.39. The van der Waals surface area contributed by atoms with Gasteiger partial charge in [0.15, 0.2) is 0 Å². The molecule has 0 spiro atoms. The maximum atomic E-state index is 10.5. The van der Waals surface area contributed by atoms with E-state index in [9.17, 15) is 10.2 Å². The predicted octanol–water partition coefficient (Wildman–Crippen LogP) is 2.76. The molecular formula is C15H25NO2S. The summed E-state index contributed by atoms with van der Waals surface area (Å²) in [6, 6.07) is 2.07. The van der Waals surface area contributed by atoms with Crippen LogP contribution in [-0.2, 0) is 6.42 Å². The number of aliphatic hydroxyl groups is 2. The molecule has 19 heavy (non-hydrogen) atoms. The summed E-state index contributed by atoms with van der Waals surface area (Å²) in [6.07, 6.45) is 7.39. The van der Waals surface area contributed by atoms with Gasteiger partial charge in [-0.05, 0) is 55.7 Å². The highest BCUT2D eigenvalue weighted by Gasteiger charge is 2.28. The van der Waals surface area contributed by atoms with E-state index in [1.165, 1.54) is 12.0 Å². The second-order valence-corrected chi connectivity index (χ2v) is 6.68. The Morgan fingerprint density at radius 1 is 1.32 bits per heavy atom. The zero-order valence-electron chi connectivity index (χ0n) is 11.5. The van der Waals surface area contributed by atoms with E-state index in [2.05, 4.69) is 11.4 Å². The minimum absolute atomic E-state index is 0.429.